The third kappa shape index (κ3) is 3.34. The third-order valence-electron chi connectivity index (χ3n) is 6.06. The van der Waals surface area contributed by atoms with E-state index in [1.54, 1.807) is 23.1 Å². The smallest absolute Gasteiger partial charge is 0.277 e. The fraction of sp³-hybridized carbons (Fsp3) is 0.571. The number of hydrogen-bond donors (Lipinski definition) is 1. The van der Waals surface area contributed by atoms with Crippen LogP contribution in [0.2, 0.25) is 0 Å². The van der Waals surface area contributed by atoms with Gasteiger partial charge in [-0.25, -0.2) is 14.5 Å². The summed E-state index contributed by atoms with van der Waals surface area (Å²) in [6.07, 6.45) is 10.0. The third-order valence-corrected chi connectivity index (χ3v) is 6.06. The lowest BCUT2D eigenvalue weighted by atomic mass is 9.70. The second-order valence-corrected chi connectivity index (χ2v) is 8.84. The fourth-order valence-electron chi connectivity index (χ4n) is 4.36. The molecule has 28 heavy (non-hydrogen) atoms. The second kappa shape index (κ2) is 7.11. The van der Waals surface area contributed by atoms with Crippen LogP contribution < -0.4 is 5.56 Å². The van der Waals surface area contributed by atoms with E-state index in [1.165, 1.54) is 12.8 Å². The van der Waals surface area contributed by atoms with Crippen LogP contribution >= 0.6 is 0 Å². The van der Waals surface area contributed by atoms with Gasteiger partial charge in [0.15, 0.2) is 11.3 Å². The zero-order chi connectivity index (χ0) is 19.9. The number of aromatic nitrogens is 6. The summed E-state index contributed by atoms with van der Waals surface area (Å²) in [6.45, 7) is 9.00. The average Bonchev–Trinajstić information content (AvgIpc) is 3.07. The van der Waals surface area contributed by atoms with Crippen molar-refractivity contribution in [1.82, 2.24) is 29.5 Å². The molecule has 0 radical (unpaired) electrons. The zero-order valence-electron chi connectivity index (χ0n) is 17.1. The molecule has 0 amide bonds. The van der Waals surface area contributed by atoms with Gasteiger partial charge in [-0.2, -0.15) is 0 Å². The van der Waals surface area contributed by atoms with Gasteiger partial charge < -0.3 is 4.98 Å². The summed E-state index contributed by atoms with van der Waals surface area (Å²) >= 11 is 0. The summed E-state index contributed by atoms with van der Waals surface area (Å²) in [7, 11) is 0. The summed E-state index contributed by atoms with van der Waals surface area (Å²) in [5, 5.41) is 4.71. The van der Waals surface area contributed by atoms with E-state index in [0.717, 1.165) is 30.3 Å². The van der Waals surface area contributed by atoms with E-state index in [0.29, 0.717) is 34.8 Å². The molecule has 0 spiro atoms. The number of fused-ring (bicyclic) bond motifs is 1. The molecule has 0 aliphatic heterocycles. The quantitative estimate of drug-likeness (QED) is 0.747. The minimum atomic E-state index is -0.172. The van der Waals surface area contributed by atoms with Gasteiger partial charge in [-0.15, -0.1) is 5.10 Å². The van der Waals surface area contributed by atoms with Crippen LogP contribution in [-0.4, -0.2) is 29.5 Å². The number of hydrogen-bond acceptors (Lipinski definition) is 5. The predicted octanol–water partition coefficient (Wildman–Crippen LogP) is 3.76. The van der Waals surface area contributed by atoms with Gasteiger partial charge in [0.1, 0.15) is 11.5 Å². The largest absolute Gasteiger partial charge is 0.302 e. The van der Waals surface area contributed by atoms with Crippen molar-refractivity contribution in [2.75, 3.05) is 0 Å². The van der Waals surface area contributed by atoms with Crippen molar-refractivity contribution in [3.63, 3.8) is 0 Å². The Kier molecular flexibility index (Phi) is 4.77. The molecular weight excluding hydrogens is 352 g/mol. The van der Waals surface area contributed by atoms with Crippen molar-refractivity contribution < 1.29 is 0 Å². The van der Waals surface area contributed by atoms with Gasteiger partial charge in [0.05, 0.1) is 11.9 Å². The molecular formula is C21H28N6O. The van der Waals surface area contributed by atoms with Gasteiger partial charge in [-0.3, -0.25) is 9.78 Å². The molecule has 3 heterocycles. The SMILES string of the molecule is CCc1nc(C2CCC(C(C)(C)C)CC2)n2nc(-c3cnccn3)[nH]c(=O)c12. The minimum absolute atomic E-state index is 0.172. The molecule has 0 saturated heterocycles. The first-order valence-electron chi connectivity index (χ1n) is 10.2. The van der Waals surface area contributed by atoms with Gasteiger partial charge in [0.2, 0.25) is 0 Å². The summed E-state index contributed by atoms with van der Waals surface area (Å²) in [4.78, 5) is 28.9. The maximum absolute atomic E-state index is 12.8. The summed E-state index contributed by atoms with van der Waals surface area (Å²) in [5.74, 6) is 2.40. The van der Waals surface area contributed by atoms with Crippen LogP contribution in [0.3, 0.4) is 0 Å². The number of aryl methyl sites for hydroxylation is 1. The van der Waals surface area contributed by atoms with Crippen molar-refractivity contribution >= 4 is 5.52 Å². The maximum Gasteiger partial charge on any atom is 0.277 e. The minimum Gasteiger partial charge on any atom is -0.302 e. The molecule has 148 valence electrons. The lowest BCUT2D eigenvalue weighted by Gasteiger charge is -2.36. The monoisotopic (exact) mass is 380 g/mol. The Hall–Kier alpha value is -2.57. The predicted molar refractivity (Wildman–Crippen MR) is 108 cm³/mol. The van der Waals surface area contributed by atoms with Crippen molar-refractivity contribution in [3.8, 4) is 11.5 Å². The molecule has 1 aliphatic carbocycles. The van der Waals surface area contributed by atoms with E-state index in [2.05, 4.69) is 35.7 Å². The van der Waals surface area contributed by atoms with Gasteiger partial charge in [0.25, 0.3) is 5.56 Å². The van der Waals surface area contributed by atoms with Crippen LogP contribution in [0.4, 0.5) is 0 Å². The Balaban J connectivity index is 1.77. The van der Waals surface area contributed by atoms with Gasteiger partial charge in [0, 0.05) is 18.3 Å². The number of nitrogens with zero attached hydrogens (tertiary/aromatic N) is 5. The highest BCUT2D eigenvalue weighted by Gasteiger charge is 2.32. The Bertz CT molecular complexity index is 1020. The Morgan fingerprint density at radius 1 is 1.18 bits per heavy atom. The standard InChI is InChI=1S/C21H28N6O/c1-5-15-17-20(28)25-18(16-12-22-10-11-23-16)26-27(17)19(24-15)13-6-8-14(9-7-13)21(2,3)4/h10-14H,5-9H2,1-4H3,(H,25,26,28). The van der Waals surface area contributed by atoms with Crippen molar-refractivity contribution in [2.45, 2.75) is 65.7 Å². The first-order chi connectivity index (χ1) is 13.4. The summed E-state index contributed by atoms with van der Waals surface area (Å²) in [5.41, 5.74) is 2.09. The molecule has 3 aromatic rings. The molecule has 1 saturated carbocycles. The number of nitrogens with one attached hydrogen (secondary N) is 1. The van der Waals surface area contributed by atoms with Crippen LogP contribution in [0.5, 0.6) is 0 Å². The number of rotatable bonds is 3. The van der Waals surface area contributed by atoms with E-state index in [9.17, 15) is 4.79 Å². The summed E-state index contributed by atoms with van der Waals surface area (Å²) in [6, 6.07) is 0. The molecule has 4 rings (SSSR count). The van der Waals surface area contributed by atoms with Crippen molar-refractivity contribution in [3.05, 3.63) is 40.5 Å². The number of aromatic amines is 1. The van der Waals surface area contributed by atoms with E-state index in [4.69, 9.17) is 10.1 Å². The highest BCUT2D eigenvalue weighted by Crippen LogP contribution is 2.43. The normalized spacial score (nSPS) is 20.6. The van der Waals surface area contributed by atoms with E-state index in [1.807, 2.05) is 6.92 Å². The Morgan fingerprint density at radius 2 is 1.93 bits per heavy atom. The molecule has 0 unspecified atom stereocenters. The molecule has 0 aromatic carbocycles. The Labute approximate surface area is 164 Å². The molecule has 3 aromatic heterocycles. The van der Waals surface area contributed by atoms with Crippen LogP contribution in [0.15, 0.2) is 23.4 Å². The lowest BCUT2D eigenvalue weighted by molar-refractivity contribution is 0.167. The average molecular weight is 380 g/mol. The Morgan fingerprint density at radius 3 is 2.54 bits per heavy atom. The molecule has 0 atom stereocenters. The van der Waals surface area contributed by atoms with Gasteiger partial charge in [-0.05, 0) is 43.4 Å². The van der Waals surface area contributed by atoms with Crippen LogP contribution in [0, 0.1) is 11.3 Å². The topological polar surface area (TPSA) is 88.8 Å². The zero-order valence-corrected chi connectivity index (χ0v) is 17.1. The van der Waals surface area contributed by atoms with Crippen LogP contribution in [0.1, 0.15) is 70.8 Å². The van der Waals surface area contributed by atoms with E-state index in [-0.39, 0.29) is 5.56 Å². The van der Waals surface area contributed by atoms with Crippen molar-refractivity contribution in [1.29, 1.82) is 0 Å². The van der Waals surface area contributed by atoms with E-state index < -0.39 is 0 Å². The highest BCUT2D eigenvalue weighted by atomic mass is 16.1. The van der Waals surface area contributed by atoms with Crippen LogP contribution in [0.25, 0.3) is 17.0 Å². The van der Waals surface area contributed by atoms with E-state index >= 15 is 0 Å². The molecule has 7 heteroatoms. The number of H-pyrrole nitrogens is 1. The molecule has 7 nitrogen and oxygen atoms in total. The van der Waals surface area contributed by atoms with Crippen molar-refractivity contribution in [2.24, 2.45) is 11.3 Å². The second-order valence-electron chi connectivity index (χ2n) is 8.84. The molecule has 1 aliphatic rings. The van der Waals surface area contributed by atoms with Crippen LogP contribution in [-0.2, 0) is 6.42 Å². The maximum atomic E-state index is 12.8. The lowest BCUT2D eigenvalue weighted by Crippen LogP contribution is -2.26. The molecule has 0 bridgehead atoms. The van der Waals surface area contributed by atoms with Gasteiger partial charge >= 0.3 is 0 Å². The first-order valence-corrected chi connectivity index (χ1v) is 10.2. The highest BCUT2D eigenvalue weighted by molar-refractivity contribution is 5.54. The molecule has 1 N–H and O–H groups in total. The first kappa shape index (κ1) is 18.8. The van der Waals surface area contributed by atoms with Gasteiger partial charge in [-0.1, -0.05) is 27.7 Å². The number of imidazole rings is 1. The summed E-state index contributed by atoms with van der Waals surface area (Å²) < 4.78 is 1.77. The fourth-order valence-corrected chi connectivity index (χ4v) is 4.36. The molecule has 1 fully saturated rings.